The van der Waals surface area contributed by atoms with Crippen molar-refractivity contribution in [1.82, 2.24) is 35.0 Å². The molecule has 0 radical (unpaired) electrons. The predicted octanol–water partition coefficient (Wildman–Crippen LogP) is 1.93. The van der Waals surface area contributed by atoms with Crippen LogP contribution in [0.2, 0.25) is 0 Å². The molecule has 1 fully saturated rings. The van der Waals surface area contributed by atoms with Crippen LogP contribution >= 0.6 is 11.8 Å². The second-order valence-corrected chi connectivity index (χ2v) is 7.25. The summed E-state index contributed by atoms with van der Waals surface area (Å²) in [6.45, 7) is 5.53. The fourth-order valence-corrected chi connectivity index (χ4v) is 3.89. The summed E-state index contributed by atoms with van der Waals surface area (Å²) in [4.78, 5) is 2.10. The number of tetrazole rings is 1. The van der Waals surface area contributed by atoms with Gasteiger partial charge in [-0.1, -0.05) is 24.8 Å². The standard InChI is InChI=1S/C17H21FN8OS/c1-2-6-25-15(19-22-23-25)12-28-17-21-20-16(24-7-9-27-10-8-24)26(17)14-5-3-4-13(18)11-14/h3-5,11H,2,6-10,12H2,1H3. The van der Waals surface area contributed by atoms with E-state index >= 15 is 0 Å². The van der Waals surface area contributed by atoms with Gasteiger partial charge in [0.25, 0.3) is 0 Å². The molecular formula is C17H21FN8OS. The summed E-state index contributed by atoms with van der Waals surface area (Å²) in [6, 6.07) is 6.44. The van der Waals surface area contributed by atoms with Gasteiger partial charge in [0.05, 0.1) is 24.7 Å². The summed E-state index contributed by atoms with van der Waals surface area (Å²) in [7, 11) is 0. The van der Waals surface area contributed by atoms with Crippen molar-refractivity contribution in [3.63, 3.8) is 0 Å². The number of halogens is 1. The van der Waals surface area contributed by atoms with Crippen LogP contribution < -0.4 is 4.90 Å². The lowest BCUT2D eigenvalue weighted by Crippen LogP contribution is -2.37. The van der Waals surface area contributed by atoms with Gasteiger partial charge in [0.2, 0.25) is 5.95 Å². The van der Waals surface area contributed by atoms with E-state index in [1.165, 1.54) is 23.9 Å². The first-order valence-corrected chi connectivity index (χ1v) is 10.2. The molecule has 3 heterocycles. The van der Waals surface area contributed by atoms with Crippen LogP contribution in [0.4, 0.5) is 10.3 Å². The highest BCUT2D eigenvalue weighted by atomic mass is 32.2. The quantitative estimate of drug-likeness (QED) is 0.552. The van der Waals surface area contributed by atoms with Crippen molar-refractivity contribution >= 4 is 17.7 Å². The molecule has 1 aliphatic rings. The fourth-order valence-electron chi connectivity index (χ4n) is 3.01. The number of hydrogen-bond donors (Lipinski definition) is 0. The summed E-state index contributed by atoms with van der Waals surface area (Å²) in [5, 5.41) is 21.3. The third-order valence-electron chi connectivity index (χ3n) is 4.35. The number of ether oxygens (including phenoxy) is 1. The first-order valence-electron chi connectivity index (χ1n) is 9.18. The molecular weight excluding hydrogens is 383 g/mol. The Kier molecular flexibility index (Phi) is 5.81. The number of aromatic nitrogens is 7. The Hall–Kier alpha value is -2.53. The first-order chi connectivity index (χ1) is 13.8. The van der Waals surface area contributed by atoms with Crippen LogP contribution in [-0.2, 0) is 17.0 Å². The largest absolute Gasteiger partial charge is 0.378 e. The molecule has 0 N–H and O–H groups in total. The summed E-state index contributed by atoms with van der Waals surface area (Å²) >= 11 is 1.48. The number of benzene rings is 1. The van der Waals surface area contributed by atoms with Crippen molar-refractivity contribution in [2.24, 2.45) is 0 Å². The van der Waals surface area contributed by atoms with Crippen molar-refractivity contribution in [2.45, 2.75) is 30.8 Å². The summed E-state index contributed by atoms with van der Waals surface area (Å²) in [5.41, 5.74) is 0.683. The lowest BCUT2D eigenvalue weighted by molar-refractivity contribution is 0.122. The van der Waals surface area contributed by atoms with E-state index in [0.29, 0.717) is 48.8 Å². The van der Waals surface area contributed by atoms with Crippen LogP contribution in [0.3, 0.4) is 0 Å². The Labute approximate surface area is 165 Å². The smallest absolute Gasteiger partial charge is 0.232 e. The molecule has 0 saturated carbocycles. The molecule has 1 saturated heterocycles. The van der Waals surface area contributed by atoms with Crippen LogP contribution in [0.5, 0.6) is 0 Å². The van der Waals surface area contributed by atoms with Gasteiger partial charge in [0, 0.05) is 19.6 Å². The molecule has 2 aromatic heterocycles. The van der Waals surface area contributed by atoms with E-state index in [1.54, 1.807) is 10.7 Å². The fraction of sp³-hybridized carbons (Fsp3) is 0.471. The first kappa shape index (κ1) is 18.8. The second kappa shape index (κ2) is 8.65. The van der Waals surface area contributed by atoms with E-state index < -0.39 is 0 Å². The maximum absolute atomic E-state index is 13.9. The van der Waals surface area contributed by atoms with Crippen LogP contribution in [0, 0.1) is 5.82 Å². The number of thioether (sulfide) groups is 1. The number of morpholine rings is 1. The highest BCUT2D eigenvalue weighted by Crippen LogP contribution is 2.29. The van der Waals surface area contributed by atoms with Gasteiger partial charge in [0.15, 0.2) is 11.0 Å². The van der Waals surface area contributed by atoms with Gasteiger partial charge in [-0.05, 0) is 35.0 Å². The van der Waals surface area contributed by atoms with Gasteiger partial charge in [0.1, 0.15) is 5.82 Å². The minimum atomic E-state index is -0.304. The number of anilines is 1. The van der Waals surface area contributed by atoms with Gasteiger partial charge in [-0.3, -0.25) is 4.57 Å². The molecule has 4 rings (SSSR count). The molecule has 0 aliphatic carbocycles. The number of aryl methyl sites for hydroxylation is 1. The van der Waals surface area contributed by atoms with Crippen molar-refractivity contribution in [2.75, 3.05) is 31.2 Å². The molecule has 11 heteroatoms. The van der Waals surface area contributed by atoms with Crippen molar-refractivity contribution in [3.8, 4) is 5.69 Å². The minimum absolute atomic E-state index is 0.304. The van der Waals surface area contributed by atoms with E-state index in [0.717, 1.165) is 18.8 Å². The normalized spacial score (nSPS) is 14.6. The van der Waals surface area contributed by atoms with Gasteiger partial charge in [-0.2, -0.15) is 0 Å². The Morgan fingerprint density at radius 3 is 2.82 bits per heavy atom. The van der Waals surface area contributed by atoms with Crippen LogP contribution in [0.1, 0.15) is 19.2 Å². The maximum Gasteiger partial charge on any atom is 0.232 e. The van der Waals surface area contributed by atoms with E-state index in [-0.39, 0.29) is 5.82 Å². The van der Waals surface area contributed by atoms with Gasteiger partial charge in [-0.15, -0.1) is 15.3 Å². The average molecular weight is 404 g/mol. The molecule has 0 amide bonds. The molecule has 9 nitrogen and oxygen atoms in total. The minimum Gasteiger partial charge on any atom is -0.378 e. The third-order valence-corrected chi connectivity index (χ3v) is 5.27. The molecule has 0 unspecified atom stereocenters. The average Bonchev–Trinajstić information content (AvgIpc) is 3.34. The molecule has 3 aromatic rings. The van der Waals surface area contributed by atoms with Crippen molar-refractivity contribution in [1.29, 1.82) is 0 Å². The summed E-state index contributed by atoms with van der Waals surface area (Å²) in [5.74, 6) is 1.70. The van der Waals surface area contributed by atoms with Gasteiger partial charge in [-0.25, -0.2) is 9.07 Å². The lowest BCUT2D eigenvalue weighted by atomic mass is 10.3. The molecule has 0 bridgehead atoms. The number of rotatable bonds is 7. The summed E-state index contributed by atoms with van der Waals surface area (Å²) < 4.78 is 23.0. The van der Waals surface area contributed by atoms with Crippen molar-refractivity contribution < 1.29 is 9.13 Å². The molecule has 148 valence electrons. The Morgan fingerprint density at radius 2 is 2.04 bits per heavy atom. The lowest BCUT2D eigenvalue weighted by Gasteiger charge is -2.27. The Morgan fingerprint density at radius 1 is 1.18 bits per heavy atom. The summed E-state index contributed by atoms with van der Waals surface area (Å²) in [6.07, 6.45) is 0.948. The third kappa shape index (κ3) is 3.99. The van der Waals surface area contributed by atoms with E-state index in [1.807, 2.05) is 10.6 Å². The topological polar surface area (TPSA) is 86.8 Å². The zero-order chi connectivity index (χ0) is 19.3. The van der Waals surface area contributed by atoms with E-state index in [4.69, 9.17) is 4.74 Å². The molecule has 1 aromatic carbocycles. The van der Waals surface area contributed by atoms with Gasteiger partial charge >= 0.3 is 0 Å². The maximum atomic E-state index is 13.9. The van der Waals surface area contributed by atoms with Gasteiger partial charge < -0.3 is 9.64 Å². The Bertz CT molecular complexity index is 924. The predicted molar refractivity (Wildman–Crippen MR) is 102 cm³/mol. The monoisotopic (exact) mass is 404 g/mol. The molecule has 28 heavy (non-hydrogen) atoms. The van der Waals surface area contributed by atoms with Crippen molar-refractivity contribution in [3.05, 3.63) is 35.9 Å². The molecule has 0 spiro atoms. The Balaban J connectivity index is 1.64. The highest BCUT2D eigenvalue weighted by Gasteiger charge is 2.22. The van der Waals surface area contributed by atoms with E-state index in [2.05, 4.69) is 37.5 Å². The van der Waals surface area contributed by atoms with Crippen LogP contribution in [-0.4, -0.2) is 61.3 Å². The second-order valence-electron chi connectivity index (χ2n) is 6.30. The van der Waals surface area contributed by atoms with E-state index in [9.17, 15) is 4.39 Å². The zero-order valence-electron chi connectivity index (χ0n) is 15.5. The molecule has 0 atom stereocenters. The van der Waals surface area contributed by atoms with Crippen LogP contribution in [0.25, 0.3) is 5.69 Å². The number of hydrogen-bond acceptors (Lipinski definition) is 8. The number of nitrogens with zero attached hydrogens (tertiary/aromatic N) is 8. The molecule has 1 aliphatic heterocycles. The van der Waals surface area contributed by atoms with Crippen LogP contribution in [0.15, 0.2) is 29.4 Å². The zero-order valence-corrected chi connectivity index (χ0v) is 16.3. The SMILES string of the molecule is CCCn1nnnc1CSc1nnc(N2CCOCC2)n1-c1cccc(F)c1. The highest BCUT2D eigenvalue weighted by molar-refractivity contribution is 7.98.